The molecule has 2 aliphatic heterocycles. The molecule has 116 valence electrons. The van der Waals surface area contributed by atoms with Gasteiger partial charge in [0.15, 0.2) is 9.84 Å². The Morgan fingerprint density at radius 1 is 1.05 bits per heavy atom. The van der Waals surface area contributed by atoms with E-state index < -0.39 is 36.6 Å². The summed E-state index contributed by atoms with van der Waals surface area (Å²) < 4.78 is 53.7. The monoisotopic (exact) mass is 330 g/mol. The van der Waals surface area contributed by atoms with Gasteiger partial charge in [0, 0.05) is 0 Å². The maximum atomic E-state index is 12.2. The largest absolute Gasteiger partial charge is 0.297 e. The number of hydrogen-bond acceptors (Lipinski definition) is 5. The molecule has 0 N–H and O–H groups in total. The zero-order valence-corrected chi connectivity index (χ0v) is 13.4. The zero-order chi connectivity index (χ0) is 15.3. The summed E-state index contributed by atoms with van der Waals surface area (Å²) >= 11 is 0. The lowest BCUT2D eigenvalue weighted by molar-refractivity contribution is 0.186. The predicted octanol–water partition coefficient (Wildman–Crippen LogP) is 1.81. The van der Waals surface area contributed by atoms with Gasteiger partial charge in [-0.25, -0.2) is 8.42 Å². The van der Waals surface area contributed by atoms with Crippen molar-refractivity contribution in [3.8, 4) is 0 Å². The summed E-state index contributed by atoms with van der Waals surface area (Å²) in [7, 11) is -6.89. The molecular weight excluding hydrogens is 312 g/mol. The van der Waals surface area contributed by atoms with E-state index in [1.165, 1.54) is 12.1 Å². The molecule has 0 radical (unpaired) electrons. The summed E-state index contributed by atoms with van der Waals surface area (Å²) in [6.45, 7) is 1.88. The van der Waals surface area contributed by atoms with Crippen molar-refractivity contribution in [3.05, 3.63) is 29.8 Å². The van der Waals surface area contributed by atoms with Crippen molar-refractivity contribution in [2.45, 2.75) is 54.1 Å². The van der Waals surface area contributed by atoms with Crippen LogP contribution in [0.25, 0.3) is 0 Å². The van der Waals surface area contributed by atoms with Crippen LogP contribution in [0.4, 0.5) is 0 Å². The Morgan fingerprint density at radius 2 is 1.57 bits per heavy atom. The summed E-state index contributed by atoms with van der Waals surface area (Å²) in [6.07, 6.45) is 1.28. The second kappa shape index (κ2) is 5.07. The van der Waals surface area contributed by atoms with Gasteiger partial charge in [-0.3, -0.25) is 4.18 Å². The fraction of sp³-hybridized carbons (Fsp3) is 0.571. The second-order valence-corrected chi connectivity index (χ2v) is 9.95. The molecule has 3 rings (SSSR count). The van der Waals surface area contributed by atoms with Gasteiger partial charge in [-0.15, -0.1) is 0 Å². The van der Waals surface area contributed by atoms with Crippen LogP contribution >= 0.6 is 0 Å². The van der Waals surface area contributed by atoms with Crippen LogP contribution in [0.5, 0.6) is 0 Å². The van der Waals surface area contributed by atoms with Crippen LogP contribution in [0.3, 0.4) is 0 Å². The van der Waals surface area contributed by atoms with Gasteiger partial charge < -0.3 is 0 Å². The van der Waals surface area contributed by atoms with Gasteiger partial charge in [0.2, 0.25) is 0 Å². The van der Waals surface area contributed by atoms with E-state index >= 15 is 0 Å². The van der Waals surface area contributed by atoms with Gasteiger partial charge in [0.25, 0.3) is 10.1 Å². The highest BCUT2D eigenvalue weighted by atomic mass is 32.2. The minimum Gasteiger partial charge on any atom is -0.263 e. The molecule has 0 aromatic heterocycles. The molecule has 0 spiro atoms. The van der Waals surface area contributed by atoms with Crippen molar-refractivity contribution >= 4 is 20.0 Å². The number of sulfone groups is 1. The SMILES string of the molecule is Cc1ccc(S(=O)(=O)OC2C[C@H]3CC[C@H](C2)S3(=O)=O)cc1. The molecule has 7 heteroatoms. The van der Waals surface area contributed by atoms with Crippen LogP contribution in [0.15, 0.2) is 29.2 Å². The van der Waals surface area contributed by atoms with Gasteiger partial charge in [-0.05, 0) is 44.7 Å². The van der Waals surface area contributed by atoms with Crippen LogP contribution in [0, 0.1) is 6.92 Å². The van der Waals surface area contributed by atoms with E-state index in [-0.39, 0.29) is 17.7 Å². The standard InChI is InChI=1S/C14H18O5S2/c1-10-2-4-12(5-3-10)21(17,18)19-11-8-13-6-7-14(9-11)20(13,15)16/h2-5,11,13-14H,6-9H2,1H3/t13-,14-/m1/s1. The highest BCUT2D eigenvalue weighted by Crippen LogP contribution is 2.40. The molecule has 2 heterocycles. The second-order valence-electron chi connectivity index (χ2n) is 5.87. The molecule has 2 fully saturated rings. The van der Waals surface area contributed by atoms with Crippen molar-refractivity contribution in [1.29, 1.82) is 0 Å². The fourth-order valence-electron chi connectivity index (χ4n) is 3.18. The normalized spacial score (nSPS) is 31.2. The molecule has 5 nitrogen and oxygen atoms in total. The average molecular weight is 330 g/mol. The first kappa shape index (κ1) is 15.0. The number of fused-ring (bicyclic) bond motifs is 2. The summed E-state index contributed by atoms with van der Waals surface area (Å²) in [5.41, 5.74) is 0.968. The highest BCUT2D eigenvalue weighted by molar-refractivity contribution is 7.93. The summed E-state index contributed by atoms with van der Waals surface area (Å²) in [6, 6.07) is 6.45. The molecule has 2 atom stereocenters. The average Bonchev–Trinajstić information content (AvgIpc) is 2.59. The maximum absolute atomic E-state index is 12.2. The van der Waals surface area contributed by atoms with E-state index in [2.05, 4.69) is 0 Å². The van der Waals surface area contributed by atoms with Crippen molar-refractivity contribution in [1.82, 2.24) is 0 Å². The third kappa shape index (κ3) is 2.74. The number of hydrogen-bond donors (Lipinski definition) is 0. The van der Waals surface area contributed by atoms with Crippen molar-refractivity contribution in [2.75, 3.05) is 0 Å². The third-order valence-corrected chi connectivity index (χ3v) is 8.45. The predicted molar refractivity (Wildman–Crippen MR) is 78.2 cm³/mol. The molecule has 0 aliphatic carbocycles. The lowest BCUT2D eigenvalue weighted by Gasteiger charge is -2.27. The maximum Gasteiger partial charge on any atom is 0.297 e. The minimum absolute atomic E-state index is 0.119. The molecule has 2 saturated heterocycles. The number of aryl methyl sites for hydroxylation is 1. The lowest BCUT2D eigenvalue weighted by Crippen LogP contribution is -2.37. The van der Waals surface area contributed by atoms with E-state index in [1.54, 1.807) is 12.1 Å². The first-order chi connectivity index (χ1) is 9.79. The summed E-state index contributed by atoms with van der Waals surface area (Å²) in [4.78, 5) is 0.119. The Bertz CT molecular complexity index is 714. The molecule has 1 aromatic rings. The van der Waals surface area contributed by atoms with Gasteiger partial charge in [-0.2, -0.15) is 8.42 Å². The van der Waals surface area contributed by atoms with Crippen molar-refractivity contribution in [3.63, 3.8) is 0 Å². The Labute approximate surface area is 125 Å². The van der Waals surface area contributed by atoms with E-state index in [1.807, 2.05) is 6.92 Å². The first-order valence-electron chi connectivity index (χ1n) is 7.02. The molecule has 1 aromatic carbocycles. The Hall–Kier alpha value is -0.920. The third-order valence-electron chi connectivity index (χ3n) is 4.36. The van der Waals surface area contributed by atoms with Gasteiger partial charge in [0.1, 0.15) is 0 Å². The zero-order valence-electron chi connectivity index (χ0n) is 11.7. The molecule has 0 amide bonds. The molecule has 21 heavy (non-hydrogen) atoms. The molecular formula is C14H18O5S2. The molecule has 0 unspecified atom stereocenters. The number of benzene rings is 1. The summed E-state index contributed by atoms with van der Waals surface area (Å²) in [5, 5.41) is -0.871. The lowest BCUT2D eigenvalue weighted by atomic mass is 10.1. The topological polar surface area (TPSA) is 77.5 Å². The van der Waals surface area contributed by atoms with Crippen LogP contribution in [0.2, 0.25) is 0 Å². The van der Waals surface area contributed by atoms with Crippen molar-refractivity contribution < 1.29 is 21.0 Å². The molecule has 0 saturated carbocycles. The smallest absolute Gasteiger partial charge is 0.263 e. The summed E-state index contributed by atoms with van der Waals surface area (Å²) in [5.74, 6) is 0. The quantitative estimate of drug-likeness (QED) is 0.790. The van der Waals surface area contributed by atoms with Gasteiger partial charge in [-0.1, -0.05) is 17.7 Å². The Balaban J connectivity index is 1.77. The number of rotatable bonds is 3. The van der Waals surface area contributed by atoms with Gasteiger partial charge >= 0.3 is 0 Å². The van der Waals surface area contributed by atoms with Crippen molar-refractivity contribution in [2.24, 2.45) is 0 Å². The van der Waals surface area contributed by atoms with E-state index in [0.29, 0.717) is 12.8 Å². The Morgan fingerprint density at radius 3 is 2.10 bits per heavy atom. The van der Waals surface area contributed by atoms with E-state index in [0.717, 1.165) is 5.56 Å². The highest BCUT2D eigenvalue weighted by Gasteiger charge is 2.48. The van der Waals surface area contributed by atoms with Crippen LogP contribution in [-0.4, -0.2) is 33.4 Å². The Kier molecular flexibility index (Phi) is 3.62. The molecule has 2 bridgehead atoms. The van der Waals surface area contributed by atoms with Crippen LogP contribution in [-0.2, 0) is 24.1 Å². The van der Waals surface area contributed by atoms with Crippen LogP contribution < -0.4 is 0 Å². The van der Waals surface area contributed by atoms with E-state index in [4.69, 9.17) is 4.18 Å². The molecule has 2 aliphatic rings. The van der Waals surface area contributed by atoms with Crippen LogP contribution in [0.1, 0.15) is 31.2 Å². The van der Waals surface area contributed by atoms with Gasteiger partial charge in [0.05, 0.1) is 21.5 Å². The minimum atomic E-state index is -3.83. The first-order valence-corrected chi connectivity index (χ1v) is 10.0. The van der Waals surface area contributed by atoms with E-state index in [9.17, 15) is 16.8 Å². The fourth-order valence-corrected chi connectivity index (χ4v) is 6.71.